The van der Waals surface area contributed by atoms with E-state index in [1.165, 1.54) is 11.4 Å². The van der Waals surface area contributed by atoms with Crippen molar-refractivity contribution in [2.75, 3.05) is 0 Å². The molecule has 0 aliphatic heterocycles. The Kier molecular flexibility index (Phi) is 6.86. The van der Waals surface area contributed by atoms with Gasteiger partial charge in [0.05, 0.1) is 17.2 Å². The minimum absolute atomic E-state index is 0.206. The van der Waals surface area contributed by atoms with Gasteiger partial charge in [0.25, 0.3) is 0 Å². The van der Waals surface area contributed by atoms with Crippen molar-refractivity contribution in [3.63, 3.8) is 0 Å². The zero-order valence-electron chi connectivity index (χ0n) is 14.3. The maximum atomic E-state index is 13.8. The van der Waals surface area contributed by atoms with E-state index in [0.717, 1.165) is 12.0 Å². The van der Waals surface area contributed by atoms with Crippen LogP contribution in [0.15, 0.2) is 17.0 Å². The minimum Gasteiger partial charge on any atom is -0.392 e. The molecule has 1 aromatic carbocycles. The topological polar surface area (TPSA) is 20.2 Å². The molecule has 4 atom stereocenters. The first-order valence-electron chi connectivity index (χ1n) is 7.80. The van der Waals surface area contributed by atoms with Crippen molar-refractivity contribution in [2.24, 2.45) is 5.92 Å². The molecule has 0 bridgehead atoms. The molecule has 2 unspecified atom stereocenters. The highest BCUT2D eigenvalue weighted by molar-refractivity contribution is 8.87. The summed E-state index contributed by atoms with van der Waals surface area (Å²) >= 11 is 1.76. The van der Waals surface area contributed by atoms with E-state index in [2.05, 4.69) is 12.9 Å². The van der Waals surface area contributed by atoms with Crippen LogP contribution < -0.4 is 0 Å². The Morgan fingerprint density at radius 2 is 1.62 bits per heavy atom. The Labute approximate surface area is 158 Å². The van der Waals surface area contributed by atoms with E-state index in [-0.39, 0.29) is 5.92 Å². The minimum atomic E-state index is -2.18. The van der Waals surface area contributed by atoms with Gasteiger partial charge >= 0.3 is 0 Å². The predicted molar refractivity (Wildman–Crippen MR) is 100 cm³/mol. The average Bonchev–Trinajstić information content (AvgIpc) is 2.57. The lowest BCUT2D eigenvalue weighted by Crippen LogP contribution is -2.41. The van der Waals surface area contributed by atoms with Crippen LogP contribution >= 0.6 is 28.7 Å². The van der Waals surface area contributed by atoms with Crippen LogP contribution in [-0.2, 0) is 0 Å². The second-order valence-corrected chi connectivity index (χ2v) is 13.4. The molecule has 1 aromatic rings. The highest BCUT2D eigenvalue weighted by Gasteiger charge is 2.45. The second-order valence-electron chi connectivity index (χ2n) is 6.56. The summed E-state index contributed by atoms with van der Waals surface area (Å²) in [5.41, 5.74) is 0.990. The van der Waals surface area contributed by atoms with E-state index in [4.69, 9.17) is 0 Å². The Balaban J connectivity index is 2.16. The average molecular weight is 429 g/mol. The predicted octanol–water partition coefficient (Wildman–Crippen LogP) is 6.45. The van der Waals surface area contributed by atoms with Crippen molar-refractivity contribution in [3.05, 3.63) is 41.2 Å². The number of hydrogen-bond acceptors (Lipinski definition) is 3. The summed E-state index contributed by atoms with van der Waals surface area (Å²) in [5.74, 6) is -11.1. The highest BCUT2D eigenvalue weighted by atomic mass is 33.1. The Hall–Kier alpha value is -0.560. The molecule has 2 rings (SSSR count). The maximum Gasteiger partial charge on any atom is 0.234 e. The van der Waals surface area contributed by atoms with Crippen LogP contribution in [0.3, 0.4) is 0 Å². The first kappa shape index (κ1) is 21.7. The highest BCUT2D eigenvalue weighted by Crippen LogP contribution is 2.62. The van der Waals surface area contributed by atoms with Gasteiger partial charge in [-0.05, 0) is 39.0 Å². The van der Waals surface area contributed by atoms with Crippen molar-refractivity contribution in [1.29, 1.82) is 0 Å². The molecule has 1 aliphatic rings. The SMILES string of the molecule is C=C(C)[C@@H]1CC[C@](C)(S[P+](=C)Sc2c(F)c(F)c(F)c(F)c2F)C(O)C1. The van der Waals surface area contributed by atoms with Crippen LogP contribution in [0.2, 0.25) is 0 Å². The van der Waals surface area contributed by atoms with Crippen molar-refractivity contribution in [1.82, 2.24) is 0 Å². The first-order valence-corrected chi connectivity index (χ1v) is 12.2. The smallest absolute Gasteiger partial charge is 0.234 e. The van der Waals surface area contributed by atoms with Crippen molar-refractivity contribution < 1.29 is 27.1 Å². The molecule has 1 fully saturated rings. The summed E-state index contributed by atoms with van der Waals surface area (Å²) < 4.78 is 66.8. The summed E-state index contributed by atoms with van der Waals surface area (Å²) in [6.07, 6.45) is 5.12. The summed E-state index contributed by atoms with van der Waals surface area (Å²) in [5, 5.41) is 10.5. The summed E-state index contributed by atoms with van der Waals surface area (Å²) in [4.78, 5) is -0.927. The zero-order chi connectivity index (χ0) is 19.8. The monoisotopic (exact) mass is 429 g/mol. The third kappa shape index (κ3) is 4.29. The van der Waals surface area contributed by atoms with Crippen LogP contribution in [0.4, 0.5) is 22.0 Å². The maximum absolute atomic E-state index is 13.8. The molecule has 0 aromatic heterocycles. The lowest BCUT2D eigenvalue weighted by Gasteiger charge is -2.38. The number of rotatable bonds is 5. The number of benzene rings is 1. The van der Waals surface area contributed by atoms with E-state index in [0.29, 0.717) is 24.2 Å². The fraction of sp³-hybridized carbons (Fsp3) is 0.471. The van der Waals surface area contributed by atoms with Gasteiger partial charge in [0.1, 0.15) is 27.7 Å². The van der Waals surface area contributed by atoms with E-state index >= 15 is 0 Å². The van der Waals surface area contributed by atoms with Gasteiger partial charge in [0.2, 0.25) is 11.8 Å². The van der Waals surface area contributed by atoms with Gasteiger partial charge in [0, 0.05) is 0 Å². The largest absolute Gasteiger partial charge is 0.392 e. The van der Waals surface area contributed by atoms with Gasteiger partial charge in [-0.1, -0.05) is 12.2 Å². The van der Waals surface area contributed by atoms with Gasteiger partial charge in [-0.15, -0.1) is 0 Å². The first-order chi connectivity index (χ1) is 12.0. The fourth-order valence-corrected chi connectivity index (χ4v) is 10.1. The molecule has 1 aliphatic carbocycles. The van der Waals surface area contributed by atoms with Gasteiger partial charge in [-0.3, -0.25) is 0 Å². The number of hydrogen-bond donors (Lipinski definition) is 1. The fourth-order valence-electron chi connectivity index (χ4n) is 2.84. The van der Waals surface area contributed by atoms with Crippen LogP contribution in [0.1, 0.15) is 33.1 Å². The van der Waals surface area contributed by atoms with Gasteiger partial charge in [-0.25, -0.2) is 22.0 Å². The number of allylic oxidation sites excluding steroid dienone is 1. The van der Waals surface area contributed by atoms with Crippen molar-refractivity contribution in [3.8, 4) is 0 Å². The second kappa shape index (κ2) is 8.21. The van der Waals surface area contributed by atoms with E-state index in [1.807, 2.05) is 13.8 Å². The van der Waals surface area contributed by atoms with Gasteiger partial charge in [0.15, 0.2) is 23.3 Å². The van der Waals surface area contributed by atoms with E-state index in [9.17, 15) is 27.1 Å². The molecule has 1 N–H and O–H groups in total. The van der Waals surface area contributed by atoms with Crippen LogP contribution in [0.25, 0.3) is 0 Å². The van der Waals surface area contributed by atoms with Crippen LogP contribution in [-0.4, -0.2) is 22.3 Å². The summed E-state index contributed by atoms with van der Waals surface area (Å²) in [7, 11) is 0. The summed E-state index contributed by atoms with van der Waals surface area (Å²) in [6, 6.07) is 0. The number of halogens is 5. The van der Waals surface area contributed by atoms with Gasteiger partial charge in [-0.2, -0.15) is 0 Å². The molecule has 1 saturated carbocycles. The van der Waals surface area contributed by atoms with Crippen molar-refractivity contribution >= 4 is 35.0 Å². The Morgan fingerprint density at radius 1 is 1.12 bits per heavy atom. The third-order valence-electron chi connectivity index (χ3n) is 4.57. The lowest BCUT2D eigenvalue weighted by atomic mass is 9.77. The van der Waals surface area contributed by atoms with Crippen LogP contribution in [0.5, 0.6) is 0 Å². The molecule has 9 heteroatoms. The number of aliphatic hydroxyl groups excluding tert-OH is 1. The molecule has 0 amide bonds. The quantitative estimate of drug-likeness (QED) is 0.191. The summed E-state index contributed by atoms with van der Waals surface area (Å²) in [6.45, 7) is 7.64. The van der Waals surface area contributed by atoms with E-state index < -0.39 is 50.8 Å². The zero-order valence-corrected chi connectivity index (χ0v) is 16.8. The standard InChI is InChI=1S/C17H19F5OPS2/c1-8(2)9-5-6-17(3,10(23)7-9)26-24(4)25-16-14(21)12(19)11(18)13(20)15(16)22/h9-10,23H,1,4-7H2,2-3H3/q+1/t9-,10?,17+/m1/s1. The molecule has 0 spiro atoms. The van der Waals surface area contributed by atoms with Crippen molar-refractivity contribution in [2.45, 2.75) is 48.9 Å². The molecule has 0 heterocycles. The molecule has 26 heavy (non-hydrogen) atoms. The Morgan fingerprint density at radius 3 is 2.08 bits per heavy atom. The molecule has 1 nitrogen and oxygen atoms in total. The van der Waals surface area contributed by atoms with E-state index in [1.54, 1.807) is 0 Å². The molecule has 0 radical (unpaired) electrons. The lowest BCUT2D eigenvalue weighted by molar-refractivity contribution is 0.0804. The number of aliphatic hydroxyl groups is 1. The molecular formula is C17H19F5OPS2+. The van der Waals surface area contributed by atoms with Crippen LogP contribution in [0, 0.1) is 35.0 Å². The molecule has 0 saturated heterocycles. The normalized spacial score (nSPS) is 26.7. The van der Waals surface area contributed by atoms with Gasteiger partial charge < -0.3 is 5.11 Å². The Bertz CT molecular complexity index is 728. The third-order valence-corrected chi connectivity index (χ3v) is 10.8. The molecular weight excluding hydrogens is 410 g/mol. The molecule has 144 valence electrons.